The maximum absolute atomic E-state index is 12.9. The van der Waals surface area contributed by atoms with Crippen LogP contribution in [0.25, 0.3) is 0 Å². The van der Waals surface area contributed by atoms with Crippen molar-refractivity contribution >= 4 is 16.4 Å². The van der Waals surface area contributed by atoms with Gasteiger partial charge in [0.25, 0.3) is 0 Å². The Morgan fingerprint density at radius 2 is 1.10 bits per heavy atom. The molecule has 4 N–H and O–H groups in total. The van der Waals surface area contributed by atoms with Crippen LogP contribution in [0.15, 0.2) is 72.9 Å². The highest BCUT2D eigenvalue weighted by Crippen LogP contribution is 2.26. The van der Waals surface area contributed by atoms with Crippen LogP contribution in [0.4, 0.5) is 0 Å². The zero-order valence-corrected chi connectivity index (χ0v) is 37.6. The molecule has 0 amide bonds. The van der Waals surface area contributed by atoms with Crippen molar-refractivity contribution in [3.05, 3.63) is 72.9 Å². The minimum atomic E-state index is -5.07. The van der Waals surface area contributed by atoms with Crippen LogP contribution < -0.4 is 0 Å². The molecule has 1 rings (SSSR count). The lowest BCUT2D eigenvalue weighted by atomic mass is 9.99. The molecule has 12 nitrogen and oxygen atoms in total. The lowest BCUT2D eigenvalue weighted by molar-refractivity contribution is -0.301. The van der Waals surface area contributed by atoms with E-state index >= 15 is 0 Å². The van der Waals surface area contributed by atoms with Crippen molar-refractivity contribution < 1.29 is 56.2 Å². The standard InChI is InChI=1S/C47H80O12S/c1-3-5-7-9-11-13-15-17-19-21-22-24-26-28-30-32-34-36-43(49)57-41(40-56-47-45(51)46(59-60(52,53)54)44(50)42(38-48)58-47)39-55-37-35-33-31-29-27-25-23-20-18-16-14-12-10-8-6-4-2/h5-8,11-14,17-20,41-42,44-48,50-51H,3-4,9-10,15-16,21-40H2,1-2H3,(H,52,53,54)/b7-5-,8-6-,13-11-,14-12-,19-17-,20-18-. The van der Waals surface area contributed by atoms with Crippen molar-refractivity contribution in [3.8, 4) is 0 Å². The molecule has 1 aliphatic rings. The molecule has 346 valence electrons. The summed E-state index contributed by atoms with van der Waals surface area (Å²) in [6, 6.07) is 0. The van der Waals surface area contributed by atoms with Gasteiger partial charge >= 0.3 is 16.4 Å². The van der Waals surface area contributed by atoms with Crippen LogP contribution in [0.3, 0.4) is 0 Å². The number of aliphatic hydroxyl groups excluding tert-OH is 3. The van der Waals surface area contributed by atoms with E-state index in [-0.39, 0.29) is 19.6 Å². The first-order valence-electron chi connectivity index (χ1n) is 22.7. The van der Waals surface area contributed by atoms with Crippen molar-refractivity contribution in [1.29, 1.82) is 0 Å². The number of esters is 1. The molecule has 0 aromatic carbocycles. The number of carbonyl (C=O) groups is 1. The van der Waals surface area contributed by atoms with Gasteiger partial charge < -0.3 is 34.3 Å². The lowest BCUT2D eigenvalue weighted by Crippen LogP contribution is -2.60. The largest absolute Gasteiger partial charge is 0.457 e. The monoisotopic (exact) mass is 869 g/mol. The van der Waals surface area contributed by atoms with Gasteiger partial charge in [-0.1, -0.05) is 145 Å². The van der Waals surface area contributed by atoms with E-state index in [1.165, 1.54) is 19.3 Å². The Bertz CT molecular complexity index is 1330. The van der Waals surface area contributed by atoms with Crippen molar-refractivity contribution in [2.45, 2.75) is 192 Å². The highest BCUT2D eigenvalue weighted by atomic mass is 32.3. The molecule has 0 spiro atoms. The Hall–Kier alpha value is -2.46. The fourth-order valence-corrected chi connectivity index (χ4v) is 6.97. The predicted octanol–water partition coefficient (Wildman–Crippen LogP) is 9.52. The topological polar surface area (TPSA) is 178 Å². The second kappa shape index (κ2) is 38.2. The highest BCUT2D eigenvalue weighted by Gasteiger charge is 2.48. The molecule has 13 heteroatoms. The Labute approximate surface area is 362 Å². The van der Waals surface area contributed by atoms with Gasteiger partial charge in [0.15, 0.2) is 6.29 Å². The van der Waals surface area contributed by atoms with E-state index in [0.29, 0.717) is 13.0 Å². The fourth-order valence-electron chi connectivity index (χ4n) is 6.46. The quantitative estimate of drug-likeness (QED) is 0.0200. The van der Waals surface area contributed by atoms with Crippen molar-refractivity contribution in [2.24, 2.45) is 0 Å². The summed E-state index contributed by atoms with van der Waals surface area (Å²) in [5, 5.41) is 30.7. The third-order valence-electron chi connectivity index (χ3n) is 9.82. The number of allylic oxidation sites excluding steroid dienone is 12. The maximum Gasteiger partial charge on any atom is 0.397 e. The summed E-state index contributed by atoms with van der Waals surface area (Å²) in [5.74, 6) is -0.418. The molecular weight excluding hydrogens is 789 g/mol. The van der Waals surface area contributed by atoms with Crippen LogP contribution >= 0.6 is 0 Å². The number of rotatable bonds is 38. The highest BCUT2D eigenvalue weighted by molar-refractivity contribution is 7.80. The van der Waals surface area contributed by atoms with Crippen LogP contribution in [0.2, 0.25) is 0 Å². The Morgan fingerprint density at radius 3 is 1.60 bits per heavy atom. The fraction of sp³-hybridized carbons (Fsp3) is 0.723. The zero-order valence-electron chi connectivity index (χ0n) is 36.7. The van der Waals surface area contributed by atoms with Crippen LogP contribution in [-0.4, -0.2) is 97.5 Å². The SMILES string of the molecule is CC/C=C\C/C=C\C/C=C\CCCCCCCCCC(=O)OC(COCCCCCCCC/C=C\C/C=C\C/C=C\CC)COC1OC(CO)C(O)C(OS(=O)(=O)O)C1O. The van der Waals surface area contributed by atoms with Crippen LogP contribution in [-0.2, 0) is 38.3 Å². The molecule has 0 aromatic rings. The minimum absolute atomic E-state index is 0.0189. The predicted molar refractivity (Wildman–Crippen MR) is 239 cm³/mol. The molecule has 0 saturated carbocycles. The average molecular weight is 869 g/mol. The zero-order chi connectivity index (χ0) is 43.9. The van der Waals surface area contributed by atoms with Crippen molar-refractivity contribution in [1.82, 2.24) is 0 Å². The Kier molecular flexibility index (Phi) is 35.4. The number of unbranched alkanes of at least 4 members (excludes halogenated alkanes) is 13. The summed E-state index contributed by atoms with van der Waals surface area (Å²) in [5.41, 5.74) is 0. The number of hydrogen-bond donors (Lipinski definition) is 4. The van der Waals surface area contributed by atoms with Crippen LogP contribution in [0, 0.1) is 0 Å². The summed E-state index contributed by atoms with van der Waals surface area (Å²) in [6.07, 6.45) is 39.3. The van der Waals surface area contributed by atoms with E-state index in [1.807, 2.05) is 0 Å². The molecule has 0 bridgehead atoms. The summed E-state index contributed by atoms with van der Waals surface area (Å²) in [6.45, 7) is 3.71. The first kappa shape index (κ1) is 55.6. The Morgan fingerprint density at radius 1 is 0.633 bits per heavy atom. The minimum Gasteiger partial charge on any atom is -0.457 e. The van der Waals surface area contributed by atoms with E-state index in [4.69, 9.17) is 23.5 Å². The molecule has 1 heterocycles. The van der Waals surface area contributed by atoms with Gasteiger partial charge in [0.2, 0.25) is 0 Å². The smallest absolute Gasteiger partial charge is 0.397 e. The third kappa shape index (κ3) is 31.4. The average Bonchev–Trinajstić information content (AvgIpc) is 3.22. The van der Waals surface area contributed by atoms with Gasteiger partial charge in [-0.2, -0.15) is 8.42 Å². The van der Waals surface area contributed by atoms with E-state index in [2.05, 4.69) is 90.9 Å². The van der Waals surface area contributed by atoms with Crippen molar-refractivity contribution in [3.63, 3.8) is 0 Å². The number of hydrogen-bond acceptors (Lipinski definition) is 11. The van der Waals surface area contributed by atoms with Crippen molar-refractivity contribution in [2.75, 3.05) is 26.4 Å². The van der Waals surface area contributed by atoms with Gasteiger partial charge in [-0.3, -0.25) is 9.35 Å². The van der Waals surface area contributed by atoms with Gasteiger partial charge in [-0.15, -0.1) is 0 Å². The second-order valence-electron chi connectivity index (χ2n) is 15.2. The van der Waals surface area contributed by atoms with E-state index in [9.17, 15) is 28.5 Å². The van der Waals surface area contributed by atoms with Crippen LogP contribution in [0.5, 0.6) is 0 Å². The van der Waals surface area contributed by atoms with Gasteiger partial charge in [0.05, 0.1) is 19.8 Å². The molecule has 60 heavy (non-hydrogen) atoms. The van der Waals surface area contributed by atoms with Gasteiger partial charge in [-0.05, 0) is 77.0 Å². The number of aliphatic hydroxyl groups is 3. The molecule has 1 saturated heterocycles. The van der Waals surface area contributed by atoms with Gasteiger partial charge in [-0.25, -0.2) is 4.18 Å². The molecule has 0 radical (unpaired) electrons. The first-order valence-corrected chi connectivity index (χ1v) is 24.1. The summed E-state index contributed by atoms with van der Waals surface area (Å²) >= 11 is 0. The van der Waals surface area contributed by atoms with E-state index in [0.717, 1.165) is 109 Å². The van der Waals surface area contributed by atoms with E-state index < -0.39 is 59.8 Å². The molecule has 0 aliphatic carbocycles. The number of carbonyl (C=O) groups excluding carboxylic acids is 1. The summed E-state index contributed by atoms with van der Waals surface area (Å²) in [7, 11) is -5.07. The molecule has 6 unspecified atom stereocenters. The van der Waals surface area contributed by atoms with E-state index in [1.54, 1.807) is 0 Å². The summed E-state index contributed by atoms with van der Waals surface area (Å²) in [4.78, 5) is 12.9. The Balaban J connectivity index is 2.45. The normalized spacial score (nSPS) is 20.9. The lowest BCUT2D eigenvalue weighted by Gasteiger charge is -2.41. The number of ether oxygens (including phenoxy) is 4. The molecule has 6 atom stereocenters. The molecular formula is C47H80O12S. The maximum atomic E-state index is 12.9. The molecule has 0 aromatic heterocycles. The second-order valence-corrected chi connectivity index (χ2v) is 16.3. The molecule has 1 fully saturated rings. The third-order valence-corrected chi connectivity index (χ3v) is 10.3. The van der Waals surface area contributed by atoms with Crippen LogP contribution in [0.1, 0.15) is 155 Å². The van der Waals surface area contributed by atoms with Gasteiger partial charge in [0, 0.05) is 13.0 Å². The summed E-state index contributed by atoms with van der Waals surface area (Å²) < 4.78 is 59.0. The molecule has 1 aliphatic heterocycles. The first-order chi connectivity index (χ1) is 29.1. The van der Waals surface area contributed by atoms with Gasteiger partial charge in [0.1, 0.15) is 30.5 Å².